The van der Waals surface area contributed by atoms with E-state index in [0.29, 0.717) is 22.6 Å². The van der Waals surface area contributed by atoms with Crippen molar-refractivity contribution in [2.24, 2.45) is 0 Å². The zero-order chi connectivity index (χ0) is 24.3. The first-order valence-electron chi connectivity index (χ1n) is 10.2. The molecule has 4 aromatic rings. The fourth-order valence-corrected chi connectivity index (χ4v) is 4.80. The normalized spacial score (nSPS) is 11.1. The summed E-state index contributed by atoms with van der Waals surface area (Å²) in [6.07, 6.45) is 1.42. The van der Waals surface area contributed by atoms with Gasteiger partial charge >= 0.3 is 0 Å². The third-order valence-corrected chi connectivity index (χ3v) is 6.52. The second-order valence-corrected chi connectivity index (χ2v) is 9.15. The number of anilines is 2. The lowest BCUT2D eigenvalue weighted by Gasteiger charge is -2.16. The van der Waals surface area contributed by atoms with E-state index in [2.05, 4.69) is 25.6 Å². The minimum absolute atomic E-state index is 0.0992. The summed E-state index contributed by atoms with van der Waals surface area (Å²) in [4.78, 5) is 12.8. The molecule has 0 atom stereocenters. The van der Waals surface area contributed by atoms with E-state index < -0.39 is 15.9 Å². The highest BCUT2D eigenvalue weighted by molar-refractivity contribution is 7.92. The third kappa shape index (κ3) is 4.74. The maximum atomic E-state index is 13.2. The van der Waals surface area contributed by atoms with Gasteiger partial charge in [0.25, 0.3) is 15.9 Å². The molecule has 3 aromatic carbocycles. The molecule has 2 N–H and O–H groups in total. The monoisotopic (exact) mass is 478 g/mol. The number of amides is 1. The summed E-state index contributed by atoms with van der Waals surface area (Å²) in [6.45, 7) is 3.64. The number of hydrogen-bond acceptors (Lipinski definition) is 7. The van der Waals surface area contributed by atoms with Crippen LogP contribution in [-0.2, 0) is 10.0 Å². The Balaban J connectivity index is 1.63. The molecule has 0 aliphatic heterocycles. The lowest BCUT2D eigenvalue weighted by atomic mass is 10.1. The zero-order valence-corrected chi connectivity index (χ0v) is 19.5. The van der Waals surface area contributed by atoms with Gasteiger partial charge in [0.15, 0.2) is 0 Å². The van der Waals surface area contributed by atoms with Crippen molar-refractivity contribution in [3.05, 3.63) is 83.7 Å². The molecule has 0 fully saturated rings. The molecule has 1 amide bonds. The minimum atomic E-state index is -4.01. The number of carbonyl (C=O) groups excluding carboxylic acids is 1. The summed E-state index contributed by atoms with van der Waals surface area (Å²) in [6, 6.07) is 16.6. The van der Waals surface area contributed by atoms with Crippen molar-refractivity contribution >= 4 is 27.3 Å². The van der Waals surface area contributed by atoms with Crippen LogP contribution in [0.1, 0.15) is 21.5 Å². The van der Waals surface area contributed by atoms with Crippen LogP contribution < -0.4 is 14.8 Å². The van der Waals surface area contributed by atoms with E-state index in [4.69, 9.17) is 4.74 Å². The first kappa shape index (κ1) is 22.9. The number of nitrogens with zero attached hydrogens (tertiary/aromatic N) is 4. The number of aryl methyl sites for hydroxylation is 2. The van der Waals surface area contributed by atoms with E-state index in [1.165, 1.54) is 30.3 Å². The van der Waals surface area contributed by atoms with Crippen LogP contribution in [0.5, 0.6) is 5.75 Å². The fourth-order valence-electron chi connectivity index (χ4n) is 3.40. The summed E-state index contributed by atoms with van der Waals surface area (Å²) < 4.78 is 35.8. The van der Waals surface area contributed by atoms with Crippen molar-refractivity contribution < 1.29 is 17.9 Å². The lowest BCUT2D eigenvalue weighted by Crippen LogP contribution is -2.17. The Morgan fingerprint density at radius 1 is 1.00 bits per heavy atom. The SMILES string of the molecule is COc1ccc(NC(=O)c2cccc(-n3cnnn3)c2)cc1S(=O)(=O)Nc1c(C)cccc1C. The number of para-hydroxylation sites is 1. The summed E-state index contributed by atoms with van der Waals surface area (Å²) in [7, 11) is -2.63. The van der Waals surface area contributed by atoms with Gasteiger partial charge in [0.2, 0.25) is 0 Å². The first-order chi connectivity index (χ1) is 16.3. The second-order valence-electron chi connectivity index (χ2n) is 7.50. The fraction of sp³-hybridized carbons (Fsp3) is 0.130. The number of carbonyl (C=O) groups is 1. The van der Waals surface area contributed by atoms with Gasteiger partial charge in [-0.3, -0.25) is 9.52 Å². The largest absolute Gasteiger partial charge is 0.495 e. The molecule has 10 nitrogen and oxygen atoms in total. The molecule has 1 heterocycles. The van der Waals surface area contributed by atoms with Gasteiger partial charge in [-0.25, -0.2) is 13.1 Å². The quantitative estimate of drug-likeness (QED) is 0.417. The predicted octanol–water partition coefficient (Wildman–Crippen LogP) is 3.34. The van der Waals surface area contributed by atoms with Gasteiger partial charge in [-0.05, 0) is 71.8 Å². The second kappa shape index (κ2) is 9.32. The molecule has 0 aliphatic rings. The maximum absolute atomic E-state index is 13.2. The summed E-state index contributed by atoms with van der Waals surface area (Å²) in [5, 5.41) is 13.7. The molecular formula is C23H22N6O4S. The predicted molar refractivity (Wildman–Crippen MR) is 127 cm³/mol. The van der Waals surface area contributed by atoms with Crippen LogP contribution in [0.2, 0.25) is 0 Å². The number of hydrogen-bond donors (Lipinski definition) is 2. The molecule has 0 saturated heterocycles. The first-order valence-corrected chi connectivity index (χ1v) is 11.7. The van der Waals surface area contributed by atoms with E-state index in [1.54, 1.807) is 30.3 Å². The maximum Gasteiger partial charge on any atom is 0.265 e. The Bertz CT molecular complexity index is 1430. The average Bonchev–Trinajstić information content (AvgIpc) is 3.37. The van der Waals surface area contributed by atoms with Crippen molar-refractivity contribution in [2.45, 2.75) is 18.7 Å². The molecule has 174 valence electrons. The van der Waals surface area contributed by atoms with Gasteiger partial charge in [-0.2, -0.15) is 0 Å². The van der Waals surface area contributed by atoms with Crippen molar-refractivity contribution in [2.75, 3.05) is 17.1 Å². The number of aromatic nitrogens is 4. The molecule has 0 bridgehead atoms. The van der Waals surface area contributed by atoms with Crippen LogP contribution in [0.3, 0.4) is 0 Å². The van der Waals surface area contributed by atoms with E-state index in [9.17, 15) is 13.2 Å². The Hall–Kier alpha value is -4.25. The molecule has 0 aliphatic carbocycles. The van der Waals surface area contributed by atoms with E-state index >= 15 is 0 Å². The van der Waals surface area contributed by atoms with Crippen LogP contribution >= 0.6 is 0 Å². The smallest absolute Gasteiger partial charge is 0.265 e. The van der Waals surface area contributed by atoms with E-state index in [0.717, 1.165) is 11.1 Å². The van der Waals surface area contributed by atoms with E-state index in [-0.39, 0.29) is 10.6 Å². The number of ether oxygens (including phenoxy) is 1. The van der Waals surface area contributed by atoms with Gasteiger partial charge in [0, 0.05) is 11.3 Å². The van der Waals surface area contributed by atoms with E-state index in [1.807, 2.05) is 32.0 Å². The van der Waals surface area contributed by atoms with Gasteiger partial charge in [-0.1, -0.05) is 24.3 Å². The standard InChI is InChI=1S/C23H22N6O4S/c1-15-6-4-7-16(2)22(15)26-34(31,32)21-13-18(10-11-20(21)33-3)25-23(30)17-8-5-9-19(12-17)29-14-24-27-28-29/h4-14,26H,1-3H3,(H,25,30). The molecule has 0 unspecified atom stereocenters. The van der Waals surface area contributed by atoms with Crippen molar-refractivity contribution in [3.8, 4) is 11.4 Å². The third-order valence-electron chi connectivity index (χ3n) is 5.15. The molecule has 0 radical (unpaired) electrons. The molecule has 11 heteroatoms. The number of tetrazole rings is 1. The van der Waals surface area contributed by atoms with Crippen LogP contribution in [0.4, 0.5) is 11.4 Å². The number of sulfonamides is 1. The molecule has 1 aromatic heterocycles. The minimum Gasteiger partial charge on any atom is -0.495 e. The number of rotatable bonds is 7. The molecule has 0 spiro atoms. The summed E-state index contributed by atoms with van der Waals surface area (Å²) in [5.41, 5.74) is 3.32. The molecule has 0 saturated carbocycles. The number of nitrogens with one attached hydrogen (secondary N) is 2. The van der Waals surface area contributed by atoms with Gasteiger partial charge < -0.3 is 10.1 Å². The van der Waals surface area contributed by atoms with Crippen molar-refractivity contribution in [1.29, 1.82) is 0 Å². The van der Waals surface area contributed by atoms with Crippen LogP contribution in [0.15, 0.2) is 71.9 Å². The van der Waals surface area contributed by atoms with Crippen LogP contribution in [0.25, 0.3) is 5.69 Å². The molecule has 34 heavy (non-hydrogen) atoms. The topological polar surface area (TPSA) is 128 Å². The van der Waals surface area contributed by atoms with Crippen molar-refractivity contribution in [3.63, 3.8) is 0 Å². The highest BCUT2D eigenvalue weighted by atomic mass is 32.2. The lowest BCUT2D eigenvalue weighted by molar-refractivity contribution is 0.102. The molecular weight excluding hydrogens is 456 g/mol. The Kier molecular flexibility index (Phi) is 6.28. The Morgan fingerprint density at radius 3 is 2.41 bits per heavy atom. The Morgan fingerprint density at radius 2 is 1.74 bits per heavy atom. The highest BCUT2D eigenvalue weighted by Crippen LogP contribution is 2.31. The summed E-state index contributed by atoms with van der Waals surface area (Å²) >= 11 is 0. The summed E-state index contributed by atoms with van der Waals surface area (Å²) in [5.74, 6) is -0.274. The average molecular weight is 479 g/mol. The van der Waals surface area contributed by atoms with Gasteiger partial charge in [-0.15, -0.1) is 5.10 Å². The van der Waals surface area contributed by atoms with Crippen LogP contribution in [0, 0.1) is 13.8 Å². The highest BCUT2D eigenvalue weighted by Gasteiger charge is 2.22. The number of benzene rings is 3. The van der Waals surface area contributed by atoms with Crippen molar-refractivity contribution in [1.82, 2.24) is 20.2 Å². The molecule has 4 rings (SSSR count). The zero-order valence-electron chi connectivity index (χ0n) is 18.7. The Labute approximate surface area is 196 Å². The van der Waals surface area contributed by atoms with Gasteiger partial charge in [0.05, 0.1) is 18.5 Å². The number of methoxy groups -OCH3 is 1. The van der Waals surface area contributed by atoms with Crippen LogP contribution in [-0.4, -0.2) is 41.6 Å². The van der Waals surface area contributed by atoms with Gasteiger partial charge in [0.1, 0.15) is 17.0 Å².